The van der Waals surface area contributed by atoms with Gasteiger partial charge in [0.05, 0.1) is 0 Å². The Morgan fingerprint density at radius 3 is 2.00 bits per heavy atom. The van der Waals surface area contributed by atoms with E-state index < -0.39 is 0 Å². The maximum absolute atomic E-state index is 3.98. The summed E-state index contributed by atoms with van der Waals surface area (Å²) in [7, 11) is 0. The highest BCUT2D eigenvalue weighted by molar-refractivity contribution is 5.11. The summed E-state index contributed by atoms with van der Waals surface area (Å²) in [4.78, 5) is 0. The average Bonchev–Trinajstić information content (AvgIpc) is 2.35. The molecule has 0 aromatic carbocycles. The van der Waals surface area contributed by atoms with Crippen LogP contribution in [0.1, 0.15) is 34.1 Å². The van der Waals surface area contributed by atoms with Crippen LogP contribution in [0.5, 0.6) is 0 Å². The predicted molar refractivity (Wildman–Crippen MR) is 45.9 cm³/mol. The maximum atomic E-state index is 3.98. The first kappa shape index (κ1) is 7.84. The quantitative estimate of drug-likeness (QED) is 0.488. The molecule has 1 aliphatic rings. The van der Waals surface area contributed by atoms with Crippen molar-refractivity contribution in [1.29, 1.82) is 0 Å². The Kier molecular flexibility index (Phi) is 1.66. The first-order valence-corrected chi connectivity index (χ1v) is 4.08. The van der Waals surface area contributed by atoms with Gasteiger partial charge in [0.25, 0.3) is 0 Å². The zero-order valence-corrected chi connectivity index (χ0v) is 7.57. The van der Waals surface area contributed by atoms with Gasteiger partial charge < -0.3 is 0 Å². The van der Waals surface area contributed by atoms with E-state index in [1.165, 1.54) is 12.0 Å². The molecular formula is C10H18. The Hall–Kier alpha value is -0.260. The van der Waals surface area contributed by atoms with Crippen molar-refractivity contribution in [1.82, 2.24) is 0 Å². The smallest absolute Gasteiger partial charge is 0.0172 e. The molecule has 0 N–H and O–H groups in total. The van der Waals surface area contributed by atoms with Crippen LogP contribution in [0.15, 0.2) is 12.2 Å². The molecule has 2 unspecified atom stereocenters. The standard InChI is InChI=1S/C10H18/c1-7(2)8-6-9(8)10(3,4)5/h8-9H,1,6H2,2-5H3. The third kappa shape index (κ3) is 1.42. The lowest BCUT2D eigenvalue weighted by Gasteiger charge is -2.17. The van der Waals surface area contributed by atoms with Crippen molar-refractivity contribution >= 4 is 0 Å². The van der Waals surface area contributed by atoms with Gasteiger partial charge >= 0.3 is 0 Å². The summed E-state index contributed by atoms with van der Waals surface area (Å²) >= 11 is 0. The molecule has 0 nitrogen and oxygen atoms in total. The van der Waals surface area contributed by atoms with Crippen molar-refractivity contribution in [2.45, 2.75) is 34.1 Å². The summed E-state index contributed by atoms with van der Waals surface area (Å²) < 4.78 is 0. The SMILES string of the molecule is C=C(C)C1CC1C(C)(C)C. The zero-order valence-electron chi connectivity index (χ0n) is 7.57. The first-order chi connectivity index (χ1) is 4.43. The highest BCUT2D eigenvalue weighted by Gasteiger charge is 2.44. The fraction of sp³-hybridized carbons (Fsp3) is 0.800. The molecule has 0 aliphatic heterocycles. The van der Waals surface area contributed by atoms with Crippen molar-refractivity contribution in [3.63, 3.8) is 0 Å². The van der Waals surface area contributed by atoms with Gasteiger partial charge in [0, 0.05) is 0 Å². The highest BCUT2D eigenvalue weighted by Crippen LogP contribution is 2.53. The molecule has 0 heteroatoms. The van der Waals surface area contributed by atoms with Crippen molar-refractivity contribution < 1.29 is 0 Å². The second-order valence-electron chi connectivity index (χ2n) is 4.66. The number of allylic oxidation sites excluding steroid dienone is 1. The molecule has 0 bridgehead atoms. The summed E-state index contributed by atoms with van der Waals surface area (Å²) in [5.41, 5.74) is 1.88. The van der Waals surface area contributed by atoms with Gasteiger partial charge in [-0.25, -0.2) is 0 Å². The Bertz CT molecular complexity index is 148. The molecular weight excluding hydrogens is 120 g/mol. The van der Waals surface area contributed by atoms with Crippen LogP contribution < -0.4 is 0 Å². The van der Waals surface area contributed by atoms with Crippen molar-refractivity contribution in [3.8, 4) is 0 Å². The van der Waals surface area contributed by atoms with Gasteiger partial charge in [0.1, 0.15) is 0 Å². The summed E-state index contributed by atoms with van der Waals surface area (Å²) in [5, 5.41) is 0. The second kappa shape index (κ2) is 2.11. The Labute approximate surface area is 64.3 Å². The van der Waals surface area contributed by atoms with Gasteiger partial charge in [0.15, 0.2) is 0 Å². The van der Waals surface area contributed by atoms with E-state index in [1.807, 2.05) is 0 Å². The Morgan fingerprint density at radius 2 is 1.90 bits per heavy atom. The lowest BCUT2D eigenvalue weighted by molar-refractivity contribution is 0.337. The molecule has 0 radical (unpaired) electrons. The van der Waals surface area contributed by atoms with Gasteiger partial charge in [-0.3, -0.25) is 0 Å². The van der Waals surface area contributed by atoms with Crippen LogP contribution in [0.4, 0.5) is 0 Å². The van der Waals surface area contributed by atoms with E-state index in [1.54, 1.807) is 0 Å². The van der Waals surface area contributed by atoms with E-state index >= 15 is 0 Å². The van der Waals surface area contributed by atoms with Gasteiger partial charge in [-0.1, -0.05) is 32.9 Å². The van der Waals surface area contributed by atoms with E-state index in [0.29, 0.717) is 5.41 Å². The molecule has 0 amide bonds. The Morgan fingerprint density at radius 1 is 1.40 bits per heavy atom. The minimum absolute atomic E-state index is 0.504. The van der Waals surface area contributed by atoms with Crippen LogP contribution >= 0.6 is 0 Å². The van der Waals surface area contributed by atoms with Gasteiger partial charge in [-0.05, 0) is 30.6 Å². The molecule has 0 heterocycles. The van der Waals surface area contributed by atoms with E-state index in [9.17, 15) is 0 Å². The molecule has 10 heavy (non-hydrogen) atoms. The van der Waals surface area contributed by atoms with Crippen molar-refractivity contribution in [2.75, 3.05) is 0 Å². The average molecular weight is 138 g/mol. The molecule has 0 aromatic rings. The van der Waals surface area contributed by atoms with Crippen LogP contribution in [0.3, 0.4) is 0 Å². The van der Waals surface area contributed by atoms with E-state index in [0.717, 1.165) is 11.8 Å². The van der Waals surface area contributed by atoms with Gasteiger partial charge in [-0.15, -0.1) is 0 Å². The number of rotatable bonds is 1. The third-order valence-corrected chi connectivity index (χ3v) is 2.54. The van der Waals surface area contributed by atoms with Crippen molar-refractivity contribution in [3.05, 3.63) is 12.2 Å². The molecule has 1 rings (SSSR count). The lowest BCUT2D eigenvalue weighted by atomic mass is 9.88. The van der Waals surface area contributed by atoms with Gasteiger partial charge in [-0.2, -0.15) is 0 Å². The predicted octanol–water partition coefficient (Wildman–Crippen LogP) is 3.24. The van der Waals surface area contributed by atoms with E-state index in [-0.39, 0.29) is 0 Å². The van der Waals surface area contributed by atoms with Crippen molar-refractivity contribution in [2.24, 2.45) is 17.3 Å². The minimum atomic E-state index is 0.504. The van der Waals surface area contributed by atoms with E-state index in [2.05, 4.69) is 34.3 Å². The molecule has 0 spiro atoms. The highest BCUT2D eigenvalue weighted by atomic mass is 14.5. The first-order valence-electron chi connectivity index (χ1n) is 4.08. The maximum Gasteiger partial charge on any atom is -0.0172 e. The normalized spacial score (nSPS) is 32.0. The van der Waals surface area contributed by atoms with Gasteiger partial charge in [0.2, 0.25) is 0 Å². The summed E-state index contributed by atoms with van der Waals surface area (Å²) in [6.07, 6.45) is 1.37. The van der Waals surface area contributed by atoms with Crippen LogP contribution in [-0.2, 0) is 0 Å². The minimum Gasteiger partial charge on any atom is -0.0998 e. The summed E-state index contributed by atoms with van der Waals surface area (Å²) in [6, 6.07) is 0. The molecule has 1 aliphatic carbocycles. The van der Waals surface area contributed by atoms with Crippen LogP contribution in [0.25, 0.3) is 0 Å². The molecule has 1 saturated carbocycles. The molecule has 0 saturated heterocycles. The third-order valence-electron chi connectivity index (χ3n) is 2.54. The molecule has 58 valence electrons. The summed E-state index contributed by atoms with van der Waals surface area (Å²) in [5.74, 6) is 1.74. The number of hydrogen-bond acceptors (Lipinski definition) is 0. The largest absolute Gasteiger partial charge is 0.0998 e. The molecule has 0 aromatic heterocycles. The number of hydrogen-bond donors (Lipinski definition) is 0. The lowest BCUT2D eigenvalue weighted by Crippen LogP contribution is -2.09. The second-order valence-corrected chi connectivity index (χ2v) is 4.66. The molecule has 2 atom stereocenters. The topological polar surface area (TPSA) is 0 Å². The van der Waals surface area contributed by atoms with Crippen LogP contribution in [-0.4, -0.2) is 0 Å². The Balaban J connectivity index is 2.46. The zero-order chi connectivity index (χ0) is 7.94. The molecule has 1 fully saturated rings. The fourth-order valence-corrected chi connectivity index (χ4v) is 1.70. The fourth-order valence-electron chi connectivity index (χ4n) is 1.70. The van der Waals surface area contributed by atoms with E-state index in [4.69, 9.17) is 0 Å². The summed E-state index contributed by atoms with van der Waals surface area (Å²) in [6.45, 7) is 13.1. The monoisotopic (exact) mass is 138 g/mol. The van der Waals surface area contributed by atoms with Crippen LogP contribution in [0.2, 0.25) is 0 Å². The van der Waals surface area contributed by atoms with Crippen LogP contribution in [0, 0.1) is 17.3 Å².